The number of aromatic nitrogens is 2. The van der Waals surface area contributed by atoms with Crippen LogP contribution in [-0.2, 0) is 4.79 Å². The molecule has 4 rings (SSSR count). The molecule has 146 valence electrons. The van der Waals surface area contributed by atoms with Gasteiger partial charge in [-0.3, -0.25) is 4.79 Å². The van der Waals surface area contributed by atoms with Crippen molar-refractivity contribution in [2.75, 3.05) is 6.61 Å². The molecular weight excluding hydrogens is 350 g/mol. The molecule has 1 amide bonds. The van der Waals surface area contributed by atoms with Gasteiger partial charge in [-0.15, -0.1) is 0 Å². The Kier molecular flexibility index (Phi) is 5.33. The highest BCUT2D eigenvalue weighted by Crippen LogP contribution is 2.32. The van der Waals surface area contributed by atoms with Crippen LogP contribution in [0.5, 0.6) is 5.75 Å². The first-order chi connectivity index (χ1) is 13.6. The molecule has 2 unspecified atom stereocenters. The van der Waals surface area contributed by atoms with E-state index in [0.717, 1.165) is 53.9 Å². The van der Waals surface area contributed by atoms with Crippen LogP contribution in [0.1, 0.15) is 48.6 Å². The van der Waals surface area contributed by atoms with E-state index in [1.165, 1.54) is 5.56 Å². The fraction of sp³-hybridized carbons (Fsp3) is 0.391. The number of carbonyl (C=O) groups is 1. The van der Waals surface area contributed by atoms with Crippen molar-refractivity contribution in [2.45, 2.75) is 51.5 Å². The highest BCUT2D eigenvalue weighted by Gasteiger charge is 2.30. The zero-order valence-electron chi connectivity index (χ0n) is 16.5. The summed E-state index contributed by atoms with van der Waals surface area (Å²) in [6, 6.07) is 14.1. The lowest BCUT2D eigenvalue weighted by molar-refractivity contribution is -0.124. The molecule has 5 heteroatoms. The highest BCUT2D eigenvalue weighted by atomic mass is 16.5. The monoisotopic (exact) mass is 377 g/mol. The predicted octanol–water partition coefficient (Wildman–Crippen LogP) is 4.40. The Morgan fingerprint density at radius 1 is 1.14 bits per heavy atom. The third kappa shape index (κ3) is 4.03. The third-order valence-corrected chi connectivity index (χ3v) is 5.72. The van der Waals surface area contributed by atoms with E-state index in [1.807, 2.05) is 49.4 Å². The summed E-state index contributed by atoms with van der Waals surface area (Å²) in [7, 11) is 0. The molecule has 28 heavy (non-hydrogen) atoms. The topological polar surface area (TPSA) is 67.0 Å². The fourth-order valence-corrected chi connectivity index (χ4v) is 3.98. The molecule has 2 N–H and O–H groups in total. The van der Waals surface area contributed by atoms with Crippen molar-refractivity contribution >= 4 is 16.9 Å². The molecule has 2 atom stereocenters. The normalized spacial score (nSPS) is 19.5. The first-order valence-electron chi connectivity index (χ1n) is 10.0. The lowest BCUT2D eigenvalue weighted by atomic mass is 9.84. The molecule has 5 nitrogen and oxygen atoms in total. The fourth-order valence-electron chi connectivity index (χ4n) is 3.98. The van der Waals surface area contributed by atoms with Gasteiger partial charge in [-0.05, 0) is 62.1 Å². The zero-order valence-corrected chi connectivity index (χ0v) is 16.5. The molecule has 1 aliphatic carbocycles. The van der Waals surface area contributed by atoms with E-state index in [2.05, 4.69) is 17.2 Å². The Balaban J connectivity index is 1.41. The van der Waals surface area contributed by atoms with E-state index < -0.39 is 0 Å². The van der Waals surface area contributed by atoms with Gasteiger partial charge in [0.2, 0.25) is 0 Å². The maximum Gasteiger partial charge on any atom is 0.258 e. The number of H-pyrrole nitrogens is 1. The van der Waals surface area contributed by atoms with E-state index in [4.69, 9.17) is 9.72 Å². The van der Waals surface area contributed by atoms with Crippen LogP contribution in [-0.4, -0.2) is 28.5 Å². The summed E-state index contributed by atoms with van der Waals surface area (Å²) in [6.07, 6.45) is 4.28. The van der Waals surface area contributed by atoms with Gasteiger partial charge in [-0.2, -0.15) is 0 Å². The lowest BCUT2D eigenvalue weighted by Crippen LogP contribution is -2.43. The van der Waals surface area contributed by atoms with Crippen LogP contribution >= 0.6 is 0 Å². The van der Waals surface area contributed by atoms with Crippen LogP contribution in [0, 0.1) is 13.8 Å². The number of fused-ring (bicyclic) bond motifs is 1. The van der Waals surface area contributed by atoms with Crippen molar-refractivity contribution in [2.24, 2.45) is 0 Å². The number of nitrogens with zero attached hydrogens (tertiary/aromatic N) is 1. The van der Waals surface area contributed by atoms with Crippen LogP contribution in [0.3, 0.4) is 0 Å². The minimum Gasteiger partial charge on any atom is -0.484 e. The number of aryl methyl sites for hydroxylation is 2. The number of ether oxygens (including phenoxy) is 1. The third-order valence-electron chi connectivity index (χ3n) is 5.72. The molecule has 2 aromatic carbocycles. The van der Waals surface area contributed by atoms with E-state index >= 15 is 0 Å². The maximum absolute atomic E-state index is 12.5. The molecule has 1 heterocycles. The Labute approximate surface area is 165 Å². The zero-order chi connectivity index (χ0) is 19.5. The summed E-state index contributed by atoms with van der Waals surface area (Å²) in [5, 5.41) is 3.18. The molecule has 3 aromatic rings. The number of imidazole rings is 1. The Hall–Kier alpha value is -2.82. The molecule has 0 spiro atoms. The van der Waals surface area contributed by atoms with Gasteiger partial charge in [-0.1, -0.05) is 31.0 Å². The first-order valence-corrected chi connectivity index (χ1v) is 10.0. The van der Waals surface area contributed by atoms with Crippen molar-refractivity contribution in [1.29, 1.82) is 0 Å². The summed E-state index contributed by atoms with van der Waals surface area (Å²) in [5.74, 6) is 1.84. The highest BCUT2D eigenvalue weighted by molar-refractivity contribution is 5.78. The summed E-state index contributed by atoms with van der Waals surface area (Å²) < 4.78 is 5.70. The number of hydrogen-bond acceptors (Lipinski definition) is 3. The summed E-state index contributed by atoms with van der Waals surface area (Å²) in [6.45, 7) is 4.14. The minimum absolute atomic E-state index is 0.0336. The smallest absolute Gasteiger partial charge is 0.258 e. The van der Waals surface area contributed by atoms with Gasteiger partial charge < -0.3 is 15.0 Å². The average molecular weight is 377 g/mol. The molecule has 1 aliphatic rings. The Morgan fingerprint density at radius 2 is 1.96 bits per heavy atom. The second kappa shape index (κ2) is 8.05. The van der Waals surface area contributed by atoms with Crippen LogP contribution in [0.25, 0.3) is 11.0 Å². The molecule has 0 saturated heterocycles. The van der Waals surface area contributed by atoms with Crippen LogP contribution < -0.4 is 10.1 Å². The van der Waals surface area contributed by atoms with E-state index in [-0.39, 0.29) is 24.5 Å². The second-order valence-corrected chi connectivity index (χ2v) is 7.74. The van der Waals surface area contributed by atoms with Gasteiger partial charge in [0.05, 0.1) is 11.0 Å². The van der Waals surface area contributed by atoms with Crippen LogP contribution in [0.15, 0.2) is 42.5 Å². The van der Waals surface area contributed by atoms with Crippen molar-refractivity contribution in [1.82, 2.24) is 15.3 Å². The first kappa shape index (κ1) is 18.5. The summed E-state index contributed by atoms with van der Waals surface area (Å²) in [4.78, 5) is 20.7. The molecule has 1 aromatic heterocycles. The predicted molar refractivity (Wildman–Crippen MR) is 111 cm³/mol. The van der Waals surface area contributed by atoms with Crippen molar-refractivity contribution in [3.8, 4) is 5.75 Å². The van der Waals surface area contributed by atoms with Gasteiger partial charge in [0.1, 0.15) is 11.6 Å². The van der Waals surface area contributed by atoms with Crippen molar-refractivity contribution < 1.29 is 9.53 Å². The molecule has 1 saturated carbocycles. The molecule has 0 radical (unpaired) electrons. The summed E-state index contributed by atoms with van der Waals surface area (Å²) >= 11 is 0. The van der Waals surface area contributed by atoms with Crippen molar-refractivity contribution in [3.05, 3.63) is 59.4 Å². The number of para-hydroxylation sites is 2. The van der Waals surface area contributed by atoms with Gasteiger partial charge in [0.15, 0.2) is 6.61 Å². The lowest BCUT2D eigenvalue weighted by Gasteiger charge is -2.30. The minimum atomic E-state index is -0.0776. The molecule has 0 bridgehead atoms. The molecule has 0 aliphatic heterocycles. The maximum atomic E-state index is 12.5. The largest absolute Gasteiger partial charge is 0.484 e. The van der Waals surface area contributed by atoms with Crippen LogP contribution in [0.2, 0.25) is 0 Å². The quantitative estimate of drug-likeness (QED) is 0.692. The number of amides is 1. The Bertz CT molecular complexity index is 946. The van der Waals surface area contributed by atoms with E-state index in [0.29, 0.717) is 0 Å². The number of nitrogens with one attached hydrogen (secondary N) is 2. The second-order valence-electron chi connectivity index (χ2n) is 7.74. The number of aromatic amines is 1. The standard InChI is InChI=1S/C23H27N3O2/c1-15-11-12-17(13-16(15)2)28-14-22(27)24-19-8-4-3-7-18(19)23-25-20-9-5-6-10-21(20)26-23/h5-6,9-13,18-19H,3-4,7-8,14H2,1-2H3,(H,24,27)(H,25,26). The summed E-state index contributed by atoms with van der Waals surface area (Å²) in [5.41, 5.74) is 4.40. The van der Waals surface area contributed by atoms with E-state index in [1.54, 1.807) is 0 Å². The van der Waals surface area contributed by atoms with E-state index in [9.17, 15) is 4.79 Å². The SMILES string of the molecule is Cc1ccc(OCC(=O)NC2CCCCC2c2nc3ccccc3[nH]2)cc1C. The number of hydrogen-bond donors (Lipinski definition) is 2. The van der Waals surface area contributed by atoms with Gasteiger partial charge >= 0.3 is 0 Å². The number of benzene rings is 2. The molecule has 1 fully saturated rings. The van der Waals surface area contributed by atoms with Gasteiger partial charge in [-0.25, -0.2) is 4.98 Å². The van der Waals surface area contributed by atoms with Gasteiger partial charge in [0.25, 0.3) is 5.91 Å². The average Bonchev–Trinajstić information content (AvgIpc) is 3.13. The number of carbonyl (C=O) groups excluding carboxylic acids is 1. The van der Waals surface area contributed by atoms with Crippen molar-refractivity contribution in [3.63, 3.8) is 0 Å². The molecular formula is C23H27N3O2. The van der Waals surface area contributed by atoms with Crippen LogP contribution in [0.4, 0.5) is 0 Å². The van der Waals surface area contributed by atoms with Gasteiger partial charge in [0, 0.05) is 12.0 Å². The number of rotatable bonds is 5. The Morgan fingerprint density at radius 3 is 2.79 bits per heavy atom.